The van der Waals surface area contributed by atoms with E-state index in [1.54, 1.807) is 18.9 Å². The van der Waals surface area contributed by atoms with E-state index in [0.29, 0.717) is 6.54 Å². The van der Waals surface area contributed by atoms with Gasteiger partial charge in [-0.1, -0.05) is 13.8 Å². The van der Waals surface area contributed by atoms with Crippen molar-refractivity contribution < 1.29 is 9.90 Å². The average Bonchev–Trinajstić information content (AvgIpc) is 2.18. The number of carbonyl (C=O) groups excluding carboxylic acids is 1. The minimum atomic E-state index is -0.597. The molecule has 1 aliphatic heterocycles. The number of aromatic hydroxyl groups is 1. The van der Waals surface area contributed by atoms with Crippen LogP contribution in [0.15, 0.2) is 17.1 Å². The van der Waals surface area contributed by atoms with Crippen molar-refractivity contribution in [1.82, 2.24) is 4.68 Å². The van der Waals surface area contributed by atoms with E-state index >= 15 is 0 Å². The van der Waals surface area contributed by atoms with Crippen molar-refractivity contribution in [1.29, 1.82) is 0 Å². The second kappa shape index (κ2) is 3.10. The van der Waals surface area contributed by atoms with Crippen LogP contribution in [-0.4, -0.2) is 29.2 Å². The van der Waals surface area contributed by atoms with Crippen LogP contribution < -0.4 is 10.4 Å². The maximum absolute atomic E-state index is 12.1. The summed E-state index contributed by atoms with van der Waals surface area (Å²) < 4.78 is 1.52. The maximum Gasteiger partial charge on any atom is 0.224 e. The summed E-state index contributed by atoms with van der Waals surface area (Å²) in [5.41, 5.74) is -1.04. The molecular formula is C11H14N2O3. The molecule has 0 fully saturated rings. The van der Waals surface area contributed by atoms with Crippen molar-refractivity contribution in [3.05, 3.63) is 28.2 Å². The van der Waals surface area contributed by atoms with Crippen LogP contribution in [0.3, 0.4) is 0 Å². The zero-order chi connectivity index (χ0) is 12.1. The van der Waals surface area contributed by atoms with Gasteiger partial charge < -0.3 is 10.1 Å². The first kappa shape index (κ1) is 10.7. The highest BCUT2D eigenvalue weighted by molar-refractivity contribution is 6.02. The highest BCUT2D eigenvalue weighted by atomic mass is 16.3. The number of carbonyl (C=O) groups is 1. The van der Waals surface area contributed by atoms with Gasteiger partial charge in [-0.2, -0.15) is 0 Å². The first-order chi connectivity index (χ1) is 7.34. The van der Waals surface area contributed by atoms with Gasteiger partial charge in [0.1, 0.15) is 0 Å². The molecule has 0 bridgehead atoms. The molecule has 16 heavy (non-hydrogen) atoms. The summed E-state index contributed by atoms with van der Waals surface area (Å²) in [6.07, 6.45) is 1.50. The fourth-order valence-electron chi connectivity index (χ4n) is 2.05. The van der Waals surface area contributed by atoms with Gasteiger partial charge in [0.15, 0.2) is 17.2 Å². The molecule has 0 radical (unpaired) electrons. The number of Topliss-reactive ketones (excluding diaryl/α,β-unsaturated/α-hetero) is 1. The summed E-state index contributed by atoms with van der Waals surface area (Å²) in [5.74, 6) is -0.673. The number of hydrogen-bond acceptors (Lipinski definition) is 4. The summed E-state index contributed by atoms with van der Waals surface area (Å²) >= 11 is 0. The molecule has 0 aliphatic carbocycles. The predicted molar refractivity (Wildman–Crippen MR) is 59.5 cm³/mol. The Kier molecular flexibility index (Phi) is 2.08. The summed E-state index contributed by atoms with van der Waals surface area (Å²) in [5, 5.41) is 11.5. The standard InChI is InChI=1S/C11H14N2O3/c1-11(2)6-12(3)13-5-4-7(14)9(15)8(13)10(11)16/h4-5,15H,6H2,1-3H3. The molecule has 0 unspecified atom stereocenters. The molecule has 2 heterocycles. The monoisotopic (exact) mass is 222 g/mol. The van der Waals surface area contributed by atoms with Gasteiger partial charge in [0, 0.05) is 31.3 Å². The number of rotatable bonds is 0. The Morgan fingerprint density at radius 3 is 2.62 bits per heavy atom. The number of ketones is 1. The van der Waals surface area contributed by atoms with Crippen LogP contribution in [0, 0.1) is 5.41 Å². The Hall–Kier alpha value is -1.78. The Labute approximate surface area is 92.9 Å². The SMILES string of the molecule is CN1CC(C)(C)C(=O)c2c(O)c(=O)ccn21. The summed E-state index contributed by atoms with van der Waals surface area (Å²) in [6, 6.07) is 1.25. The molecule has 0 saturated carbocycles. The fourth-order valence-corrected chi connectivity index (χ4v) is 2.05. The van der Waals surface area contributed by atoms with Gasteiger partial charge in [-0.3, -0.25) is 14.3 Å². The summed E-state index contributed by atoms with van der Waals surface area (Å²) in [7, 11) is 1.81. The molecule has 0 spiro atoms. The Morgan fingerprint density at radius 2 is 2.00 bits per heavy atom. The van der Waals surface area contributed by atoms with Crippen molar-refractivity contribution in [3.8, 4) is 5.75 Å². The number of fused-ring (bicyclic) bond motifs is 1. The van der Waals surface area contributed by atoms with E-state index in [2.05, 4.69) is 0 Å². The van der Waals surface area contributed by atoms with Crippen LogP contribution in [0.5, 0.6) is 5.75 Å². The molecule has 86 valence electrons. The van der Waals surface area contributed by atoms with Gasteiger partial charge in [0.2, 0.25) is 5.43 Å². The molecule has 1 N–H and O–H groups in total. The zero-order valence-electron chi connectivity index (χ0n) is 9.52. The third-order valence-corrected chi connectivity index (χ3v) is 2.88. The molecule has 1 aromatic heterocycles. The molecule has 0 saturated heterocycles. The highest BCUT2D eigenvalue weighted by Crippen LogP contribution is 2.29. The molecule has 0 amide bonds. The normalized spacial score (nSPS) is 18.4. The maximum atomic E-state index is 12.1. The third-order valence-electron chi connectivity index (χ3n) is 2.88. The topological polar surface area (TPSA) is 62.5 Å². The van der Waals surface area contributed by atoms with Crippen LogP contribution in [-0.2, 0) is 0 Å². The van der Waals surface area contributed by atoms with Gasteiger partial charge in [-0.25, -0.2) is 0 Å². The second-order valence-electron chi connectivity index (χ2n) is 4.75. The summed E-state index contributed by atoms with van der Waals surface area (Å²) in [6.45, 7) is 4.14. The molecule has 0 aromatic carbocycles. The van der Waals surface area contributed by atoms with E-state index < -0.39 is 16.6 Å². The Balaban J connectivity index is 2.75. The van der Waals surface area contributed by atoms with E-state index in [0.717, 1.165) is 0 Å². The van der Waals surface area contributed by atoms with Crippen molar-refractivity contribution in [3.63, 3.8) is 0 Å². The van der Waals surface area contributed by atoms with Gasteiger partial charge >= 0.3 is 0 Å². The van der Waals surface area contributed by atoms with Gasteiger partial charge in [0.05, 0.1) is 0 Å². The van der Waals surface area contributed by atoms with Crippen LogP contribution in [0.1, 0.15) is 24.3 Å². The molecule has 5 nitrogen and oxygen atoms in total. The van der Waals surface area contributed by atoms with Crippen molar-refractivity contribution >= 4 is 5.78 Å². The van der Waals surface area contributed by atoms with E-state index in [1.807, 2.05) is 7.05 Å². The van der Waals surface area contributed by atoms with E-state index in [9.17, 15) is 14.7 Å². The van der Waals surface area contributed by atoms with E-state index in [-0.39, 0.29) is 11.5 Å². The molecular weight excluding hydrogens is 208 g/mol. The van der Waals surface area contributed by atoms with Crippen molar-refractivity contribution in [2.75, 3.05) is 18.6 Å². The largest absolute Gasteiger partial charge is 0.503 e. The first-order valence-electron chi connectivity index (χ1n) is 5.05. The lowest BCUT2D eigenvalue weighted by Crippen LogP contribution is -2.50. The van der Waals surface area contributed by atoms with E-state index in [1.165, 1.54) is 16.9 Å². The zero-order valence-corrected chi connectivity index (χ0v) is 9.52. The van der Waals surface area contributed by atoms with Gasteiger partial charge in [-0.15, -0.1) is 0 Å². The highest BCUT2D eigenvalue weighted by Gasteiger charge is 2.38. The van der Waals surface area contributed by atoms with Crippen LogP contribution in [0.2, 0.25) is 0 Å². The lowest BCUT2D eigenvalue weighted by Gasteiger charge is -2.38. The lowest BCUT2D eigenvalue weighted by molar-refractivity contribution is 0.0796. The minimum Gasteiger partial charge on any atom is -0.503 e. The molecule has 2 rings (SSSR count). The van der Waals surface area contributed by atoms with E-state index in [4.69, 9.17) is 0 Å². The molecule has 0 atom stereocenters. The number of nitrogens with zero attached hydrogens (tertiary/aromatic N) is 2. The smallest absolute Gasteiger partial charge is 0.224 e. The van der Waals surface area contributed by atoms with Gasteiger partial charge in [-0.05, 0) is 0 Å². The number of pyridine rings is 1. The van der Waals surface area contributed by atoms with Crippen LogP contribution in [0.4, 0.5) is 0 Å². The Morgan fingerprint density at radius 1 is 1.38 bits per heavy atom. The number of aromatic nitrogens is 1. The number of hydrogen-bond donors (Lipinski definition) is 1. The van der Waals surface area contributed by atoms with Crippen molar-refractivity contribution in [2.24, 2.45) is 5.41 Å². The Bertz CT molecular complexity index is 516. The third kappa shape index (κ3) is 1.31. The first-order valence-corrected chi connectivity index (χ1v) is 5.05. The molecule has 1 aliphatic rings. The minimum absolute atomic E-state index is 0.0752. The second-order valence-corrected chi connectivity index (χ2v) is 4.75. The van der Waals surface area contributed by atoms with Gasteiger partial charge in [0.25, 0.3) is 0 Å². The van der Waals surface area contributed by atoms with Crippen LogP contribution >= 0.6 is 0 Å². The average molecular weight is 222 g/mol. The fraction of sp³-hybridized carbons (Fsp3) is 0.455. The van der Waals surface area contributed by atoms with Crippen molar-refractivity contribution in [2.45, 2.75) is 13.8 Å². The molecule has 5 heteroatoms. The molecule has 1 aromatic rings. The summed E-state index contributed by atoms with van der Waals surface area (Å²) in [4.78, 5) is 23.4. The predicted octanol–water partition coefficient (Wildman–Crippen LogP) is 0.344. The van der Waals surface area contributed by atoms with Crippen LogP contribution in [0.25, 0.3) is 0 Å². The quantitative estimate of drug-likeness (QED) is 0.687. The lowest BCUT2D eigenvalue weighted by atomic mass is 9.84.